The third-order valence-corrected chi connectivity index (χ3v) is 3.01. The molecule has 0 saturated heterocycles. The van der Waals surface area contributed by atoms with Gasteiger partial charge in [-0.15, -0.1) is 0 Å². The van der Waals surface area contributed by atoms with Gasteiger partial charge in [-0.25, -0.2) is 4.39 Å². The Morgan fingerprint density at radius 1 is 1.21 bits per heavy atom. The lowest BCUT2D eigenvalue weighted by Crippen LogP contribution is -2.20. The molecule has 19 heavy (non-hydrogen) atoms. The summed E-state index contributed by atoms with van der Waals surface area (Å²) in [5, 5.41) is 3.12. The number of aromatic nitrogens is 1. The molecule has 0 bridgehead atoms. The zero-order chi connectivity index (χ0) is 13.7. The van der Waals surface area contributed by atoms with E-state index in [1.807, 2.05) is 31.0 Å². The summed E-state index contributed by atoms with van der Waals surface area (Å²) in [6, 6.07) is 8.76. The minimum Gasteiger partial charge on any atom is -0.338 e. The molecule has 1 aromatic carbocycles. The van der Waals surface area contributed by atoms with Crippen LogP contribution in [0.15, 0.2) is 42.7 Å². The molecule has 100 valence electrons. The molecule has 0 aliphatic rings. The molecular weight excluding hydrogens is 241 g/mol. The van der Waals surface area contributed by atoms with E-state index in [-0.39, 0.29) is 5.82 Å². The zero-order valence-corrected chi connectivity index (χ0v) is 11.2. The van der Waals surface area contributed by atoms with E-state index in [1.165, 1.54) is 6.07 Å². The molecule has 0 fully saturated rings. The maximum absolute atomic E-state index is 14.0. The fraction of sp³-hybridized carbons (Fsp3) is 0.267. The van der Waals surface area contributed by atoms with Gasteiger partial charge >= 0.3 is 0 Å². The van der Waals surface area contributed by atoms with Crippen LogP contribution in [-0.4, -0.2) is 18.6 Å². The number of rotatable bonds is 5. The van der Waals surface area contributed by atoms with Crippen molar-refractivity contribution in [2.24, 2.45) is 0 Å². The second kappa shape index (κ2) is 6.29. The zero-order valence-electron chi connectivity index (χ0n) is 11.2. The molecule has 0 unspecified atom stereocenters. The van der Waals surface area contributed by atoms with Gasteiger partial charge in [-0.3, -0.25) is 4.98 Å². The minimum absolute atomic E-state index is 0.219. The highest BCUT2D eigenvalue weighted by atomic mass is 19.1. The van der Waals surface area contributed by atoms with Crippen LogP contribution in [0.1, 0.15) is 12.5 Å². The average molecular weight is 259 g/mol. The van der Waals surface area contributed by atoms with Crippen LogP contribution in [-0.2, 0) is 6.54 Å². The number of hydrogen-bond acceptors (Lipinski definition) is 3. The number of halogens is 1. The van der Waals surface area contributed by atoms with E-state index >= 15 is 0 Å². The van der Waals surface area contributed by atoms with Crippen LogP contribution in [0.3, 0.4) is 0 Å². The summed E-state index contributed by atoms with van der Waals surface area (Å²) < 4.78 is 14.0. The van der Waals surface area contributed by atoms with Crippen molar-refractivity contribution in [1.82, 2.24) is 10.3 Å². The van der Waals surface area contributed by atoms with Crippen molar-refractivity contribution in [2.75, 3.05) is 18.5 Å². The van der Waals surface area contributed by atoms with E-state index in [9.17, 15) is 4.39 Å². The summed E-state index contributed by atoms with van der Waals surface area (Å²) in [4.78, 5) is 6.10. The highest BCUT2D eigenvalue weighted by Gasteiger charge is 2.14. The van der Waals surface area contributed by atoms with Crippen molar-refractivity contribution in [3.05, 3.63) is 54.1 Å². The topological polar surface area (TPSA) is 28.2 Å². The summed E-state index contributed by atoms with van der Waals surface area (Å²) in [6.45, 7) is 3.41. The molecule has 1 heterocycles. The third kappa shape index (κ3) is 2.90. The Balaban J connectivity index is 2.45. The van der Waals surface area contributed by atoms with Gasteiger partial charge in [0.05, 0.1) is 17.6 Å². The van der Waals surface area contributed by atoms with E-state index in [0.29, 0.717) is 12.2 Å². The number of nitrogens with zero attached hydrogens (tertiary/aromatic N) is 2. The smallest absolute Gasteiger partial charge is 0.146 e. The van der Waals surface area contributed by atoms with Crippen LogP contribution in [0, 0.1) is 5.82 Å². The van der Waals surface area contributed by atoms with Gasteiger partial charge in [0.15, 0.2) is 0 Å². The Hall–Kier alpha value is -1.94. The monoisotopic (exact) mass is 259 g/mol. The van der Waals surface area contributed by atoms with Gasteiger partial charge in [0.1, 0.15) is 5.82 Å². The Labute approximate surface area is 113 Å². The Morgan fingerprint density at radius 3 is 2.68 bits per heavy atom. The van der Waals surface area contributed by atoms with Crippen molar-refractivity contribution in [1.29, 1.82) is 0 Å². The van der Waals surface area contributed by atoms with Crippen molar-refractivity contribution in [2.45, 2.75) is 13.5 Å². The molecule has 1 N–H and O–H groups in total. The molecule has 0 aliphatic heterocycles. The van der Waals surface area contributed by atoms with Gasteiger partial charge in [0.2, 0.25) is 0 Å². The Bertz CT molecular complexity index is 542. The van der Waals surface area contributed by atoms with Gasteiger partial charge in [-0.1, -0.05) is 12.1 Å². The van der Waals surface area contributed by atoms with E-state index in [2.05, 4.69) is 10.3 Å². The first-order valence-electron chi connectivity index (χ1n) is 6.37. The van der Waals surface area contributed by atoms with Crippen LogP contribution < -0.4 is 10.2 Å². The Morgan fingerprint density at radius 2 is 2.00 bits per heavy atom. The molecule has 0 amide bonds. The number of benzene rings is 1. The maximum atomic E-state index is 14.0. The standard InChI is InChI=1S/C15H18FN3/c1-3-19(14-7-5-4-6-13(14)16)15-11-18-9-8-12(15)10-17-2/h4-9,11,17H,3,10H2,1-2H3. The van der Waals surface area contributed by atoms with Crippen molar-refractivity contribution >= 4 is 11.4 Å². The number of nitrogens with one attached hydrogen (secondary N) is 1. The Kier molecular flexibility index (Phi) is 4.47. The molecule has 0 spiro atoms. The van der Waals surface area contributed by atoms with Crippen LogP contribution in [0.4, 0.5) is 15.8 Å². The van der Waals surface area contributed by atoms with Crippen LogP contribution in [0.5, 0.6) is 0 Å². The van der Waals surface area contributed by atoms with E-state index in [1.54, 1.807) is 24.5 Å². The second-order valence-corrected chi connectivity index (χ2v) is 4.23. The van der Waals surface area contributed by atoms with Crippen molar-refractivity contribution < 1.29 is 4.39 Å². The molecule has 2 rings (SSSR count). The van der Waals surface area contributed by atoms with Gasteiger partial charge in [0.25, 0.3) is 0 Å². The number of anilines is 2. The molecule has 0 atom stereocenters. The summed E-state index contributed by atoms with van der Waals surface area (Å²) in [5.41, 5.74) is 2.61. The first-order chi connectivity index (χ1) is 9.27. The SMILES string of the molecule is CCN(c1ccccc1F)c1cnccc1CNC. The first kappa shape index (κ1) is 13.5. The van der Waals surface area contributed by atoms with Crippen molar-refractivity contribution in [3.63, 3.8) is 0 Å². The number of pyridine rings is 1. The number of hydrogen-bond donors (Lipinski definition) is 1. The molecule has 0 aliphatic carbocycles. The third-order valence-electron chi connectivity index (χ3n) is 3.01. The predicted molar refractivity (Wildman–Crippen MR) is 76.1 cm³/mol. The first-order valence-corrected chi connectivity index (χ1v) is 6.37. The van der Waals surface area contributed by atoms with E-state index < -0.39 is 0 Å². The van der Waals surface area contributed by atoms with Gasteiger partial charge in [-0.05, 0) is 37.7 Å². The highest BCUT2D eigenvalue weighted by molar-refractivity contribution is 5.65. The van der Waals surface area contributed by atoms with Gasteiger partial charge < -0.3 is 10.2 Å². The van der Waals surface area contributed by atoms with E-state index in [4.69, 9.17) is 0 Å². The largest absolute Gasteiger partial charge is 0.338 e. The number of para-hydroxylation sites is 1. The molecule has 2 aromatic rings. The van der Waals surface area contributed by atoms with Crippen molar-refractivity contribution in [3.8, 4) is 0 Å². The molecule has 3 nitrogen and oxygen atoms in total. The summed E-state index contributed by atoms with van der Waals surface area (Å²) in [6.07, 6.45) is 3.54. The fourth-order valence-corrected chi connectivity index (χ4v) is 2.14. The highest BCUT2D eigenvalue weighted by Crippen LogP contribution is 2.29. The lowest BCUT2D eigenvalue weighted by atomic mass is 10.1. The molecule has 0 saturated carbocycles. The summed E-state index contributed by atoms with van der Waals surface area (Å²) >= 11 is 0. The van der Waals surface area contributed by atoms with Crippen LogP contribution in [0.2, 0.25) is 0 Å². The maximum Gasteiger partial charge on any atom is 0.146 e. The molecule has 4 heteroatoms. The van der Waals surface area contributed by atoms with Crippen LogP contribution >= 0.6 is 0 Å². The van der Waals surface area contributed by atoms with Gasteiger partial charge in [-0.2, -0.15) is 0 Å². The summed E-state index contributed by atoms with van der Waals surface area (Å²) in [7, 11) is 1.89. The molecular formula is C15H18FN3. The molecule has 1 aromatic heterocycles. The predicted octanol–water partition coefficient (Wildman–Crippen LogP) is 3.10. The van der Waals surface area contributed by atoms with E-state index in [0.717, 1.165) is 17.8 Å². The second-order valence-electron chi connectivity index (χ2n) is 4.23. The minimum atomic E-state index is -0.219. The quantitative estimate of drug-likeness (QED) is 0.894. The lowest BCUT2D eigenvalue weighted by molar-refractivity contribution is 0.625. The normalized spacial score (nSPS) is 10.5. The average Bonchev–Trinajstić information content (AvgIpc) is 2.44. The lowest BCUT2D eigenvalue weighted by Gasteiger charge is -2.25. The fourth-order valence-electron chi connectivity index (χ4n) is 2.14. The molecule has 0 radical (unpaired) electrons. The van der Waals surface area contributed by atoms with Gasteiger partial charge in [0, 0.05) is 19.3 Å². The summed E-state index contributed by atoms with van der Waals surface area (Å²) in [5.74, 6) is -0.219. The van der Waals surface area contributed by atoms with Crippen LogP contribution in [0.25, 0.3) is 0 Å².